The van der Waals surface area contributed by atoms with Gasteiger partial charge < -0.3 is 24.6 Å². The summed E-state index contributed by atoms with van der Waals surface area (Å²) < 4.78 is 92.2. The smallest absolute Gasteiger partial charge is 0.450 e. The fourth-order valence-corrected chi connectivity index (χ4v) is 3.26. The third-order valence-electron chi connectivity index (χ3n) is 4.88. The van der Waals surface area contributed by atoms with E-state index in [1.807, 2.05) is 0 Å². The molecule has 180 valence electrons. The Bertz CT molecular complexity index is 1260. The Kier molecular flexibility index (Phi) is 5.63. The van der Waals surface area contributed by atoms with Crippen molar-refractivity contribution in [3.8, 4) is 5.75 Å². The zero-order valence-electron chi connectivity index (χ0n) is 16.7. The molecule has 0 bridgehead atoms. The second-order valence-electron chi connectivity index (χ2n) is 7.15. The maximum atomic E-state index is 13.2. The Balaban J connectivity index is 1.78. The van der Waals surface area contributed by atoms with Crippen LogP contribution in [-0.4, -0.2) is 35.5 Å². The number of rotatable bonds is 3. The van der Waals surface area contributed by atoms with Crippen molar-refractivity contribution in [3.05, 3.63) is 53.7 Å². The summed E-state index contributed by atoms with van der Waals surface area (Å²) >= 11 is 0. The molecule has 2 N–H and O–H groups in total. The van der Waals surface area contributed by atoms with Gasteiger partial charge in [-0.2, -0.15) is 26.3 Å². The minimum Gasteiger partial charge on any atom is -0.450 e. The van der Waals surface area contributed by atoms with Crippen LogP contribution in [-0.2, 0) is 27.0 Å². The number of halogens is 6. The van der Waals surface area contributed by atoms with E-state index < -0.39 is 47.9 Å². The number of carbonyl (C=O) groups excluding carboxylic acids is 2. The van der Waals surface area contributed by atoms with Gasteiger partial charge in [0.25, 0.3) is 12.2 Å². The lowest BCUT2D eigenvalue weighted by atomic mass is 10.1. The number of carbonyl (C=O) groups is 2. The summed E-state index contributed by atoms with van der Waals surface area (Å²) in [6.45, 7) is -0.384. The van der Waals surface area contributed by atoms with Gasteiger partial charge in [0.1, 0.15) is 11.4 Å². The van der Waals surface area contributed by atoms with Crippen LogP contribution in [0.25, 0.3) is 11.0 Å². The van der Waals surface area contributed by atoms with Gasteiger partial charge in [-0.1, -0.05) is 17.3 Å². The van der Waals surface area contributed by atoms with Crippen LogP contribution < -0.4 is 15.4 Å². The molecule has 0 fully saturated rings. The molecule has 0 radical (unpaired) electrons. The van der Waals surface area contributed by atoms with Gasteiger partial charge in [-0.3, -0.25) is 4.79 Å². The molecular formula is C20H13F6N3O5. The second-order valence-corrected chi connectivity index (χ2v) is 7.15. The van der Waals surface area contributed by atoms with Crippen molar-refractivity contribution in [2.45, 2.75) is 31.2 Å². The monoisotopic (exact) mass is 489 g/mol. The quantitative estimate of drug-likeness (QED) is 0.443. The summed E-state index contributed by atoms with van der Waals surface area (Å²) in [6.07, 6.45) is -12.7. The zero-order valence-corrected chi connectivity index (χ0v) is 16.7. The van der Waals surface area contributed by atoms with Crippen LogP contribution in [0.5, 0.6) is 5.75 Å². The first-order chi connectivity index (χ1) is 15.9. The molecule has 3 aromatic rings. The number of amides is 1. The second kappa shape index (κ2) is 8.20. The summed E-state index contributed by atoms with van der Waals surface area (Å²) in [5.41, 5.74) is 4.78. The van der Waals surface area contributed by atoms with Crippen LogP contribution in [0, 0.1) is 0 Å². The topological polar surface area (TPSA) is 108 Å². The van der Waals surface area contributed by atoms with E-state index in [0.29, 0.717) is 23.1 Å². The normalized spacial score (nSPS) is 18.9. The number of anilines is 1. The molecule has 0 aliphatic carbocycles. The van der Waals surface area contributed by atoms with Crippen molar-refractivity contribution >= 4 is 28.5 Å². The van der Waals surface area contributed by atoms with Gasteiger partial charge in [0.15, 0.2) is 11.6 Å². The number of alkyl halides is 6. The molecule has 0 spiro atoms. The van der Waals surface area contributed by atoms with Crippen molar-refractivity contribution in [2.75, 3.05) is 4.90 Å². The van der Waals surface area contributed by atoms with Crippen molar-refractivity contribution < 1.29 is 49.9 Å². The number of nitrogens with two attached hydrogens (primary N) is 1. The molecule has 1 amide bonds. The Morgan fingerprint density at radius 3 is 2.50 bits per heavy atom. The molecule has 1 aromatic heterocycles. The van der Waals surface area contributed by atoms with Crippen molar-refractivity contribution in [1.82, 2.24) is 5.16 Å². The van der Waals surface area contributed by atoms with E-state index in [1.54, 1.807) is 24.3 Å². The highest BCUT2D eigenvalue weighted by Gasteiger charge is 2.47. The molecular weight excluding hydrogens is 476 g/mol. The van der Waals surface area contributed by atoms with Gasteiger partial charge in [0.2, 0.25) is 0 Å². The van der Waals surface area contributed by atoms with Crippen LogP contribution in [0.2, 0.25) is 0 Å². The first-order valence-corrected chi connectivity index (χ1v) is 9.42. The maximum absolute atomic E-state index is 13.2. The van der Waals surface area contributed by atoms with Crippen molar-refractivity contribution in [1.29, 1.82) is 0 Å². The van der Waals surface area contributed by atoms with E-state index in [-0.39, 0.29) is 17.9 Å². The van der Waals surface area contributed by atoms with Gasteiger partial charge in [-0.25, -0.2) is 4.79 Å². The summed E-state index contributed by atoms with van der Waals surface area (Å²) in [6, 6.07) is 6.50. The standard InChI is InChI=1S/C20H13F6N3O5/c21-19(22,23)9-5-6-12-14(7-9)32-17(33-18(31)20(24,25)26)15(27)16(30)29(12)8-11-10-3-1-2-4-13(10)34-28-11/h1-7,15,17H,8,27H2/t15-,17?/m1/s1. The number of aromatic nitrogens is 1. The van der Waals surface area contributed by atoms with Gasteiger partial charge in [-0.05, 0) is 30.3 Å². The highest BCUT2D eigenvalue weighted by molar-refractivity contribution is 6.00. The third-order valence-corrected chi connectivity index (χ3v) is 4.88. The van der Waals surface area contributed by atoms with Gasteiger partial charge in [-0.15, -0.1) is 0 Å². The summed E-state index contributed by atoms with van der Waals surface area (Å²) in [5.74, 6) is -4.50. The number of benzene rings is 2. The molecule has 34 heavy (non-hydrogen) atoms. The van der Waals surface area contributed by atoms with E-state index in [2.05, 4.69) is 9.89 Å². The lowest BCUT2D eigenvalue weighted by molar-refractivity contribution is -0.217. The fraction of sp³-hybridized carbons (Fsp3) is 0.250. The van der Waals surface area contributed by atoms with Crippen LogP contribution in [0.1, 0.15) is 11.3 Å². The number of ether oxygens (including phenoxy) is 2. The lowest BCUT2D eigenvalue weighted by Gasteiger charge is -2.23. The first kappa shape index (κ1) is 23.4. The van der Waals surface area contributed by atoms with E-state index in [1.165, 1.54) is 0 Å². The van der Waals surface area contributed by atoms with Crippen LogP contribution in [0.3, 0.4) is 0 Å². The molecule has 2 atom stereocenters. The molecule has 8 nitrogen and oxygen atoms in total. The third kappa shape index (κ3) is 4.35. The Hall–Kier alpha value is -3.81. The number of hydrogen-bond donors (Lipinski definition) is 1. The number of nitrogens with zero attached hydrogens (tertiary/aromatic N) is 2. The first-order valence-electron chi connectivity index (χ1n) is 9.42. The van der Waals surface area contributed by atoms with Crippen LogP contribution >= 0.6 is 0 Å². The Morgan fingerprint density at radius 2 is 1.82 bits per heavy atom. The van der Waals surface area contributed by atoms with Gasteiger partial charge in [0.05, 0.1) is 17.8 Å². The van der Waals surface area contributed by atoms with Crippen LogP contribution in [0.15, 0.2) is 47.0 Å². The lowest BCUT2D eigenvalue weighted by Crippen LogP contribution is -2.52. The molecule has 0 saturated heterocycles. The van der Waals surface area contributed by atoms with E-state index in [4.69, 9.17) is 15.0 Å². The molecule has 2 heterocycles. The number of esters is 1. The largest absolute Gasteiger partial charge is 0.491 e. The van der Waals surface area contributed by atoms with Gasteiger partial charge >= 0.3 is 18.3 Å². The number of para-hydroxylation sites is 1. The minimum absolute atomic E-state index is 0.188. The predicted octanol–water partition coefficient (Wildman–Crippen LogP) is 3.53. The van der Waals surface area contributed by atoms with E-state index in [0.717, 1.165) is 11.0 Å². The summed E-state index contributed by atoms with van der Waals surface area (Å²) in [7, 11) is 0. The van der Waals surface area contributed by atoms with Gasteiger partial charge in [0, 0.05) is 5.39 Å². The summed E-state index contributed by atoms with van der Waals surface area (Å²) in [5, 5.41) is 4.32. The maximum Gasteiger partial charge on any atom is 0.491 e. The average molecular weight is 489 g/mol. The molecule has 1 aliphatic rings. The average Bonchev–Trinajstić information content (AvgIpc) is 3.14. The molecule has 14 heteroatoms. The molecule has 2 aromatic carbocycles. The minimum atomic E-state index is -5.46. The molecule has 0 saturated carbocycles. The predicted molar refractivity (Wildman–Crippen MR) is 101 cm³/mol. The summed E-state index contributed by atoms with van der Waals surface area (Å²) in [4.78, 5) is 25.2. The van der Waals surface area contributed by atoms with Crippen LogP contribution in [0.4, 0.5) is 32.0 Å². The Labute approximate surface area is 185 Å². The molecule has 1 aliphatic heterocycles. The number of fused-ring (bicyclic) bond motifs is 2. The Morgan fingerprint density at radius 1 is 1.12 bits per heavy atom. The molecule has 4 rings (SSSR count). The SMILES string of the molecule is N[C@@H]1C(=O)N(Cc2noc3ccccc23)c2ccc(C(F)(F)F)cc2OC1OC(=O)C(F)(F)F. The molecule has 1 unspecified atom stereocenters. The zero-order chi connectivity index (χ0) is 24.8. The van der Waals surface area contributed by atoms with Crippen molar-refractivity contribution in [2.24, 2.45) is 5.73 Å². The van der Waals surface area contributed by atoms with E-state index in [9.17, 15) is 35.9 Å². The highest BCUT2D eigenvalue weighted by Crippen LogP contribution is 2.40. The highest BCUT2D eigenvalue weighted by atomic mass is 19.4. The van der Waals surface area contributed by atoms with E-state index >= 15 is 0 Å². The number of hydrogen-bond acceptors (Lipinski definition) is 7. The fourth-order valence-electron chi connectivity index (χ4n) is 3.26. The van der Waals surface area contributed by atoms with Crippen molar-refractivity contribution in [3.63, 3.8) is 0 Å².